The van der Waals surface area contributed by atoms with Crippen molar-refractivity contribution in [3.05, 3.63) is 32.4 Å². The molecule has 108 valence electrons. The van der Waals surface area contributed by atoms with E-state index in [2.05, 4.69) is 14.4 Å². The molecule has 0 radical (unpaired) electrons. The Morgan fingerprint density at radius 2 is 2.20 bits per heavy atom. The monoisotopic (exact) mass is 332 g/mol. The normalized spacial score (nSPS) is 11.5. The summed E-state index contributed by atoms with van der Waals surface area (Å²) < 4.78 is 31.7. The van der Waals surface area contributed by atoms with E-state index in [-0.39, 0.29) is 16.3 Å². The lowest BCUT2D eigenvalue weighted by molar-refractivity contribution is 0.0602. The maximum atomic E-state index is 12.3. The van der Waals surface area contributed by atoms with Crippen molar-refractivity contribution in [3.8, 4) is 0 Å². The van der Waals surface area contributed by atoms with Crippen LogP contribution in [0.2, 0.25) is 0 Å². The smallest absolute Gasteiger partial charge is 0.349 e. The Morgan fingerprint density at radius 3 is 2.80 bits per heavy atom. The van der Waals surface area contributed by atoms with E-state index in [9.17, 15) is 13.2 Å². The molecule has 0 saturated carbocycles. The number of aryl methyl sites for hydroxylation is 1. The highest BCUT2D eigenvalue weighted by Crippen LogP contribution is 2.27. The molecule has 0 fully saturated rings. The van der Waals surface area contributed by atoms with Gasteiger partial charge in [-0.3, -0.25) is 4.98 Å². The van der Waals surface area contributed by atoms with E-state index < -0.39 is 16.0 Å². The van der Waals surface area contributed by atoms with Crippen LogP contribution < -0.4 is 4.72 Å². The number of carbonyl (C=O) groups excluding carboxylic acids is 1. The zero-order valence-electron chi connectivity index (χ0n) is 10.7. The van der Waals surface area contributed by atoms with E-state index in [1.54, 1.807) is 24.0 Å². The molecule has 0 bridgehead atoms. The second-order valence-corrected chi connectivity index (χ2v) is 7.42. The molecule has 6 nitrogen and oxygen atoms in total. The van der Waals surface area contributed by atoms with Crippen molar-refractivity contribution in [2.45, 2.75) is 18.4 Å². The largest absolute Gasteiger partial charge is 0.465 e. The first-order valence-corrected chi connectivity index (χ1v) is 8.73. The minimum Gasteiger partial charge on any atom is -0.465 e. The fourth-order valence-corrected chi connectivity index (χ4v) is 4.90. The lowest BCUT2D eigenvalue weighted by atomic mass is 10.3. The number of methoxy groups -OCH3 is 1. The first-order chi connectivity index (χ1) is 9.45. The molecule has 2 heterocycles. The van der Waals surface area contributed by atoms with Crippen LogP contribution in [-0.4, -0.2) is 26.5 Å². The minimum absolute atomic E-state index is 0.0149. The molecule has 0 aliphatic rings. The summed E-state index contributed by atoms with van der Waals surface area (Å²) in [4.78, 5) is 16.4. The van der Waals surface area contributed by atoms with Gasteiger partial charge in [0.2, 0.25) is 10.0 Å². The Kier molecular flexibility index (Phi) is 4.53. The molecule has 2 aromatic rings. The van der Waals surface area contributed by atoms with Gasteiger partial charge in [-0.1, -0.05) is 0 Å². The number of nitrogens with one attached hydrogen (secondary N) is 1. The maximum absolute atomic E-state index is 12.3. The van der Waals surface area contributed by atoms with Gasteiger partial charge in [-0.25, -0.2) is 17.9 Å². The molecule has 0 aromatic carbocycles. The number of rotatable bonds is 5. The van der Waals surface area contributed by atoms with Gasteiger partial charge in [-0.2, -0.15) is 0 Å². The topological polar surface area (TPSA) is 85.4 Å². The van der Waals surface area contributed by atoms with E-state index >= 15 is 0 Å². The van der Waals surface area contributed by atoms with Crippen LogP contribution in [0, 0.1) is 6.92 Å². The van der Waals surface area contributed by atoms with Crippen LogP contribution in [0.3, 0.4) is 0 Å². The van der Waals surface area contributed by atoms with Crippen molar-refractivity contribution in [1.82, 2.24) is 9.71 Å². The fraction of sp³-hybridized carbons (Fsp3) is 0.273. The van der Waals surface area contributed by atoms with Gasteiger partial charge in [-0.05, 0) is 17.9 Å². The SMILES string of the molecule is COC(=O)c1scc(C)c1S(=O)(=O)NCc1cncs1. The number of ether oxygens (including phenoxy) is 1. The molecule has 2 aromatic heterocycles. The predicted molar refractivity (Wildman–Crippen MR) is 76.5 cm³/mol. The van der Waals surface area contributed by atoms with Gasteiger partial charge in [-0.15, -0.1) is 22.7 Å². The molecule has 20 heavy (non-hydrogen) atoms. The van der Waals surface area contributed by atoms with Gasteiger partial charge in [0, 0.05) is 17.6 Å². The summed E-state index contributed by atoms with van der Waals surface area (Å²) in [5, 5.41) is 1.62. The summed E-state index contributed by atoms with van der Waals surface area (Å²) in [6.45, 7) is 1.78. The van der Waals surface area contributed by atoms with Crippen molar-refractivity contribution in [3.63, 3.8) is 0 Å². The Bertz CT molecular complexity index is 704. The predicted octanol–water partition coefficient (Wildman–Crippen LogP) is 1.78. The van der Waals surface area contributed by atoms with Crippen molar-refractivity contribution in [2.75, 3.05) is 7.11 Å². The van der Waals surface area contributed by atoms with Crippen LogP contribution in [0.4, 0.5) is 0 Å². The zero-order valence-corrected chi connectivity index (χ0v) is 13.2. The second kappa shape index (κ2) is 6.00. The standard InChI is InChI=1S/C11H12N2O4S3/c1-7-5-18-9(11(14)17-2)10(7)20(15,16)13-4-8-3-12-6-19-8/h3,5-6,13H,4H2,1-2H3. The quantitative estimate of drug-likeness (QED) is 0.844. The van der Waals surface area contributed by atoms with Gasteiger partial charge in [0.1, 0.15) is 9.77 Å². The third-order valence-corrected chi connectivity index (χ3v) is 6.05. The molecular formula is C11H12N2O4S3. The third-order valence-electron chi connectivity index (χ3n) is 2.48. The lowest BCUT2D eigenvalue weighted by Gasteiger charge is -2.07. The van der Waals surface area contributed by atoms with Crippen LogP contribution in [0.5, 0.6) is 0 Å². The Labute approximate surface area is 124 Å². The highest BCUT2D eigenvalue weighted by molar-refractivity contribution is 7.89. The maximum Gasteiger partial charge on any atom is 0.349 e. The van der Waals surface area contributed by atoms with Gasteiger partial charge in [0.05, 0.1) is 12.6 Å². The minimum atomic E-state index is -3.77. The second-order valence-electron chi connectivity index (χ2n) is 3.86. The molecule has 0 aliphatic heterocycles. The summed E-state index contributed by atoms with van der Waals surface area (Å²) in [6.07, 6.45) is 1.59. The summed E-state index contributed by atoms with van der Waals surface area (Å²) in [7, 11) is -2.55. The number of hydrogen-bond acceptors (Lipinski definition) is 7. The lowest BCUT2D eigenvalue weighted by Crippen LogP contribution is -2.24. The summed E-state index contributed by atoms with van der Waals surface area (Å²) in [5.41, 5.74) is 2.14. The summed E-state index contributed by atoms with van der Waals surface area (Å²) >= 11 is 2.41. The highest BCUT2D eigenvalue weighted by atomic mass is 32.2. The van der Waals surface area contributed by atoms with Gasteiger partial charge < -0.3 is 4.74 Å². The number of thiazole rings is 1. The zero-order chi connectivity index (χ0) is 14.8. The number of thiophene rings is 1. The molecular weight excluding hydrogens is 320 g/mol. The van der Waals surface area contributed by atoms with Crippen molar-refractivity contribution in [2.24, 2.45) is 0 Å². The van der Waals surface area contributed by atoms with E-state index in [1.807, 2.05) is 0 Å². The summed E-state index contributed by atoms with van der Waals surface area (Å²) in [6, 6.07) is 0. The summed E-state index contributed by atoms with van der Waals surface area (Å²) in [5.74, 6) is -0.652. The van der Waals surface area contributed by atoms with Crippen molar-refractivity contribution < 1.29 is 17.9 Å². The molecule has 0 amide bonds. The number of aromatic nitrogens is 1. The van der Waals surface area contributed by atoms with Crippen LogP contribution in [0.15, 0.2) is 22.0 Å². The van der Waals surface area contributed by atoms with Gasteiger partial charge in [0.15, 0.2) is 0 Å². The first kappa shape index (κ1) is 15.1. The van der Waals surface area contributed by atoms with Crippen molar-refractivity contribution in [1.29, 1.82) is 0 Å². The number of nitrogens with zero attached hydrogens (tertiary/aromatic N) is 1. The molecule has 0 spiro atoms. The number of carbonyl (C=O) groups is 1. The van der Waals surface area contributed by atoms with Crippen LogP contribution in [0.1, 0.15) is 20.1 Å². The molecule has 9 heteroatoms. The van der Waals surface area contributed by atoms with Crippen LogP contribution >= 0.6 is 22.7 Å². The van der Waals surface area contributed by atoms with E-state index in [1.165, 1.54) is 18.4 Å². The Balaban J connectivity index is 2.29. The Morgan fingerprint density at radius 1 is 1.45 bits per heavy atom. The molecule has 1 N–H and O–H groups in total. The molecule has 0 unspecified atom stereocenters. The van der Waals surface area contributed by atoms with E-state index in [0.717, 1.165) is 16.2 Å². The van der Waals surface area contributed by atoms with Gasteiger partial charge in [0.25, 0.3) is 0 Å². The van der Waals surface area contributed by atoms with E-state index in [0.29, 0.717) is 5.56 Å². The molecule has 2 rings (SSSR count). The number of hydrogen-bond donors (Lipinski definition) is 1. The fourth-order valence-electron chi connectivity index (χ4n) is 1.57. The number of sulfonamides is 1. The average molecular weight is 332 g/mol. The molecule has 0 aliphatic carbocycles. The van der Waals surface area contributed by atoms with Crippen LogP contribution in [0.25, 0.3) is 0 Å². The first-order valence-electron chi connectivity index (χ1n) is 5.49. The van der Waals surface area contributed by atoms with Gasteiger partial charge >= 0.3 is 5.97 Å². The van der Waals surface area contributed by atoms with Crippen LogP contribution in [-0.2, 0) is 21.3 Å². The average Bonchev–Trinajstić information content (AvgIpc) is 3.04. The highest BCUT2D eigenvalue weighted by Gasteiger charge is 2.27. The molecule has 0 saturated heterocycles. The number of esters is 1. The Hall–Kier alpha value is -1.29. The van der Waals surface area contributed by atoms with Crippen molar-refractivity contribution >= 4 is 38.7 Å². The van der Waals surface area contributed by atoms with E-state index in [4.69, 9.17) is 0 Å². The third kappa shape index (κ3) is 3.06. The molecule has 0 atom stereocenters.